The average Bonchev–Trinajstić information content (AvgIpc) is 2.35. The van der Waals surface area contributed by atoms with Crippen LogP contribution in [0.25, 0.3) is 0 Å². The first-order valence-electron chi connectivity index (χ1n) is 6.81. The summed E-state index contributed by atoms with van der Waals surface area (Å²) in [5, 5.41) is 2.75. The van der Waals surface area contributed by atoms with Crippen molar-refractivity contribution in [3.8, 4) is 0 Å². The number of hydrogen-bond donors (Lipinski definition) is 1. The van der Waals surface area contributed by atoms with E-state index >= 15 is 0 Å². The molecule has 2 atom stereocenters. The van der Waals surface area contributed by atoms with Gasteiger partial charge in [0, 0.05) is 12.6 Å². The van der Waals surface area contributed by atoms with Crippen molar-refractivity contribution in [1.82, 2.24) is 4.98 Å². The first-order chi connectivity index (χ1) is 9.06. The highest BCUT2D eigenvalue weighted by molar-refractivity contribution is 5.35. The SMILES string of the molecule is CC1CCCC(CCNc2nc(F)c(F)cc2F)C1. The van der Waals surface area contributed by atoms with E-state index in [9.17, 15) is 13.2 Å². The molecule has 5 heteroatoms. The molecule has 19 heavy (non-hydrogen) atoms. The van der Waals surface area contributed by atoms with E-state index in [1.807, 2.05) is 0 Å². The lowest BCUT2D eigenvalue weighted by molar-refractivity contribution is 0.274. The van der Waals surface area contributed by atoms with Crippen LogP contribution in [-0.4, -0.2) is 11.5 Å². The van der Waals surface area contributed by atoms with Gasteiger partial charge in [0.15, 0.2) is 17.5 Å². The van der Waals surface area contributed by atoms with Crippen molar-refractivity contribution in [3.05, 3.63) is 23.6 Å². The summed E-state index contributed by atoms with van der Waals surface area (Å²) in [7, 11) is 0. The Morgan fingerprint density at radius 3 is 2.79 bits per heavy atom. The molecule has 0 saturated heterocycles. The number of rotatable bonds is 4. The Bertz CT molecular complexity index is 437. The molecule has 1 heterocycles. The monoisotopic (exact) mass is 272 g/mol. The second-order valence-corrected chi connectivity index (χ2v) is 5.44. The molecular formula is C14H19F3N2. The highest BCUT2D eigenvalue weighted by Gasteiger charge is 2.18. The second kappa shape index (κ2) is 6.26. The van der Waals surface area contributed by atoms with Gasteiger partial charge in [-0.05, 0) is 24.7 Å². The minimum Gasteiger partial charge on any atom is -0.368 e. The van der Waals surface area contributed by atoms with Gasteiger partial charge in [-0.3, -0.25) is 0 Å². The highest BCUT2D eigenvalue weighted by atomic mass is 19.2. The fourth-order valence-corrected chi connectivity index (χ4v) is 2.78. The molecular weight excluding hydrogens is 253 g/mol. The Labute approximate surface area is 111 Å². The standard InChI is InChI=1S/C14H19F3N2/c1-9-3-2-4-10(7-9)5-6-18-14-12(16)8-11(15)13(17)19-14/h8-10H,2-7H2,1H3,(H,18,19). The molecule has 106 valence electrons. The van der Waals surface area contributed by atoms with E-state index in [0.29, 0.717) is 18.5 Å². The lowest BCUT2D eigenvalue weighted by Gasteiger charge is -2.26. The van der Waals surface area contributed by atoms with Gasteiger partial charge in [-0.1, -0.05) is 26.2 Å². The van der Waals surface area contributed by atoms with E-state index in [1.54, 1.807) is 0 Å². The predicted octanol–water partition coefficient (Wildman–Crippen LogP) is 4.13. The predicted molar refractivity (Wildman–Crippen MR) is 68.3 cm³/mol. The van der Waals surface area contributed by atoms with Gasteiger partial charge in [-0.25, -0.2) is 8.78 Å². The molecule has 1 aliphatic carbocycles. The summed E-state index contributed by atoms with van der Waals surface area (Å²) < 4.78 is 38.9. The fraction of sp³-hybridized carbons (Fsp3) is 0.643. The van der Waals surface area contributed by atoms with Gasteiger partial charge < -0.3 is 5.32 Å². The Kier molecular flexibility index (Phi) is 4.66. The summed E-state index contributed by atoms with van der Waals surface area (Å²) in [4.78, 5) is 3.24. The summed E-state index contributed by atoms with van der Waals surface area (Å²) in [6, 6.07) is 0.521. The molecule has 1 fully saturated rings. The normalized spacial score (nSPS) is 23.4. The molecule has 1 aromatic heterocycles. The molecule has 1 aliphatic rings. The summed E-state index contributed by atoms with van der Waals surface area (Å²) >= 11 is 0. The van der Waals surface area contributed by atoms with Gasteiger partial charge in [0.25, 0.3) is 5.95 Å². The van der Waals surface area contributed by atoms with Gasteiger partial charge in [0.1, 0.15) is 0 Å². The summed E-state index contributed by atoms with van der Waals surface area (Å²) in [5.74, 6) is -2.21. The van der Waals surface area contributed by atoms with E-state index in [4.69, 9.17) is 0 Å². The van der Waals surface area contributed by atoms with Gasteiger partial charge in [0.05, 0.1) is 0 Å². The van der Waals surface area contributed by atoms with Gasteiger partial charge >= 0.3 is 0 Å². The van der Waals surface area contributed by atoms with Crippen LogP contribution in [0.15, 0.2) is 6.07 Å². The third kappa shape index (κ3) is 3.85. The molecule has 1 aromatic rings. The molecule has 1 N–H and O–H groups in total. The van der Waals surface area contributed by atoms with Crippen molar-refractivity contribution in [2.45, 2.75) is 39.0 Å². The van der Waals surface area contributed by atoms with E-state index in [0.717, 1.165) is 12.3 Å². The topological polar surface area (TPSA) is 24.9 Å². The Hall–Kier alpha value is -1.26. The van der Waals surface area contributed by atoms with Crippen LogP contribution < -0.4 is 5.32 Å². The lowest BCUT2D eigenvalue weighted by atomic mass is 9.81. The van der Waals surface area contributed by atoms with E-state index in [-0.39, 0.29) is 5.82 Å². The van der Waals surface area contributed by atoms with Crippen molar-refractivity contribution in [3.63, 3.8) is 0 Å². The number of aromatic nitrogens is 1. The molecule has 0 aromatic carbocycles. The second-order valence-electron chi connectivity index (χ2n) is 5.44. The van der Waals surface area contributed by atoms with Crippen molar-refractivity contribution in [1.29, 1.82) is 0 Å². The summed E-state index contributed by atoms with van der Waals surface area (Å²) in [5.41, 5.74) is 0. The number of pyridine rings is 1. The molecule has 0 spiro atoms. The number of nitrogens with zero attached hydrogens (tertiary/aromatic N) is 1. The van der Waals surface area contributed by atoms with Gasteiger partial charge in [0.2, 0.25) is 0 Å². The highest BCUT2D eigenvalue weighted by Crippen LogP contribution is 2.30. The zero-order valence-corrected chi connectivity index (χ0v) is 11.1. The van der Waals surface area contributed by atoms with Crippen LogP contribution in [-0.2, 0) is 0 Å². The maximum Gasteiger partial charge on any atom is 0.251 e. The van der Waals surface area contributed by atoms with Gasteiger partial charge in [-0.2, -0.15) is 9.37 Å². The summed E-state index contributed by atoms with van der Waals surface area (Å²) in [6.07, 6.45) is 5.81. The van der Waals surface area contributed by atoms with Crippen LogP contribution in [0.1, 0.15) is 39.0 Å². The number of hydrogen-bond acceptors (Lipinski definition) is 2. The van der Waals surface area contributed by atoms with Crippen molar-refractivity contribution in [2.75, 3.05) is 11.9 Å². The van der Waals surface area contributed by atoms with Crippen LogP contribution in [0.5, 0.6) is 0 Å². The fourth-order valence-electron chi connectivity index (χ4n) is 2.78. The molecule has 2 nitrogen and oxygen atoms in total. The van der Waals surface area contributed by atoms with Crippen molar-refractivity contribution in [2.24, 2.45) is 11.8 Å². The smallest absolute Gasteiger partial charge is 0.251 e. The van der Waals surface area contributed by atoms with Crippen LogP contribution in [0.4, 0.5) is 19.0 Å². The molecule has 2 rings (SSSR count). The zero-order chi connectivity index (χ0) is 13.8. The first kappa shape index (κ1) is 14.2. The van der Waals surface area contributed by atoms with E-state index < -0.39 is 17.6 Å². The maximum atomic E-state index is 13.3. The molecule has 0 amide bonds. The van der Waals surface area contributed by atoms with E-state index in [1.165, 1.54) is 25.7 Å². The Morgan fingerprint density at radius 1 is 1.26 bits per heavy atom. The van der Waals surface area contributed by atoms with Crippen LogP contribution in [0.3, 0.4) is 0 Å². The molecule has 0 radical (unpaired) electrons. The third-order valence-electron chi connectivity index (χ3n) is 3.78. The minimum atomic E-state index is -1.27. The molecule has 2 unspecified atom stereocenters. The van der Waals surface area contributed by atoms with Crippen molar-refractivity contribution < 1.29 is 13.2 Å². The first-order valence-corrected chi connectivity index (χ1v) is 6.81. The van der Waals surface area contributed by atoms with Gasteiger partial charge in [-0.15, -0.1) is 0 Å². The van der Waals surface area contributed by atoms with Crippen LogP contribution in [0, 0.1) is 29.4 Å². The molecule has 1 saturated carbocycles. The van der Waals surface area contributed by atoms with Crippen LogP contribution >= 0.6 is 0 Å². The Balaban J connectivity index is 1.84. The van der Waals surface area contributed by atoms with E-state index in [2.05, 4.69) is 17.2 Å². The molecule has 0 aliphatic heterocycles. The maximum absolute atomic E-state index is 13.3. The average molecular weight is 272 g/mol. The number of anilines is 1. The quantitative estimate of drug-likeness (QED) is 0.834. The minimum absolute atomic E-state index is 0.206. The molecule has 0 bridgehead atoms. The lowest BCUT2D eigenvalue weighted by Crippen LogP contribution is -2.17. The summed E-state index contributed by atoms with van der Waals surface area (Å²) in [6.45, 7) is 2.78. The largest absolute Gasteiger partial charge is 0.368 e. The number of halogens is 3. The Morgan fingerprint density at radius 2 is 2.05 bits per heavy atom. The van der Waals surface area contributed by atoms with Crippen molar-refractivity contribution >= 4 is 5.82 Å². The zero-order valence-electron chi connectivity index (χ0n) is 11.1. The van der Waals surface area contributed by atoms with Crippen LogP contribution in [0.2, 0.25) is 0 Å². The third-order valence-corrected chi connectivity index (χ3v) is 3.78. The number of nitrogens with one attached hydrogen (secondary N) is 1.